The molecule has 0 aliphatic carbocycles. The molecule has 0 atom stereocenters. The molecule has 0 heterocycles. The molecular weight excluding hydrogens is 130 g/mol. The van der Waals surface area contributed by atoms with Crippen LogP contribution in [0.25, 0.3) is 0 Å². The lowest BCUT2D eigenvalue weighted by atomic mass is 10.5. The highest BCUT2D eigenvalue weighted by molar-refractivity contribution is 5.77. The summed E-state index contributed by atoms with van der Waals surface area (Å²) < 4.78 is 4.93. The molecule has 0 radical (unpaired) electrons. The van der Waals surface area contributed by atoms with Crippen LogP contribution in [0.5, 0.6) is 0 Å². The molecule has 3 heteroatoms. The van der Waals surface area contributed by atoms with E-state index in [2.05, 4.69) is 0 Å². The molecule has 0 N–H and O–H groups in total. The lowest BCUT2D eigenvalue weighted by Gasteiger charge is -2.13. The Morgan fingerprint density at radius 3 is 2.50 bits per heavy atom. The highest BCUT2D eigenvalue weighted by atomic mass is 16.5. The predicted molar refractivity (Wildman–Crippen MR) is 39.8 cm³/mol. The van der Waals surface area contributed by atoms with Crippen molar-refractivity contribution in [3.8, 4) is 0 Å². The molecule has 0 aromatic rings. The van der Waals surface area contributed by atoms with E-state index in [1.807, 2.05) is 13.8 Å². The monoisotopic (exact) mass is 145 g/mol. The number of ether oxygens (including phenoxy) is 1. The van der Waals surface area contributed by atoms with Gasteiger partial charge < -0.3 is 9.64 Å². The van der Waals surface area contributed by atoms with Crippen molar-refractivity contribution in [3.05, 3.63) is 0 Å². The molecule has 0 saturated heterocycles. The van der Waals surface area contributed by atoms with Crippen molar-refractivity contribution in [1.29, 1.82) is 0 Å². The van der Waals surface area contributed by atoms with Gasteiger partial charge in [0.15, 0.2) is 0 Å². The van der Waals surface area contributed by atoms with Crippen molar-refractivity contribution < 1.29 is 9.53 Å². The highest BCUT2D eigenvalue weighted by Gasteiger charge is 2.04. The topological polar surface area (TPSA) is 29.5 Å². The lowest BCUT2D eigenvalue weighted by Crippen LogP contribution is -2.29. The van der Waals surface area contributed by atoms with Crippen LogP contribution >= 0.6 is 0 Å². The van der Waals surface area contributed by atoms with Crippen LogP contribution in [-0.4, -0.2) is 37.6 Å². The molecule has 0 saturated carbocycles. The minimum absolute atomic E-state index is 0.0457. The minimum atomic E-state index is 0.0457. The number of hydrogen-bond donors (Lipinski definition) is 0. The number of carbonyl (C=O) groups excluding carboxylic acids is 1. The maximum absolute atomic E-state index is 10.9. The molecule has 0 fully saturated rings. The van der Waals surface area contributed by atoms with E-state index in [1.54, 1.807) is 11.9 Å². The molecular formula is C7H15NO2. The zero-order chi connectivity index (χ0) is 7.98. The van der Waals surface area contributed by atoms with E-state index in [0.29, 0.717) is 6.61 Å². The fourth-order valence-electron chi connectivity index (χ4n) is 0.476. The van der Waals surface area contributed by atoms with Crippen LogP contribution in [0.3, 0.4) is 0 Å². The molecule has 0 unspecified atom stereocenters. The Kier molecular flexibility index (Phi) is 4.94. The third-order valence-electron chi connectivity index (χ3n) is 1.33. The Labute approximate surface area is 62.0 Å². The summed E-state index contributed by atoms with van der Waals surface area (Å²) in [6, 6.07) is 0. The van der Waals surface area contributed by atoms with Crippen LogP contribution < -0.4 is 0 Å². The molecule has 1 amide bonds. The number of amides is 1. The zero-order valence-electron chi connectivity index (χ0n) is 6.89. The molecule has 0 spiro atoms. The number of hydrogen-bond acceptors (Lipinski definition) is 2. The fraction of sp³-hybridized carbons (Fsp3) is 0.857. The van der Waals surface area contributed by atoms with E-state index in [9.17, 15) is 4.79 Å². The summed E-state index contributed by atoms with van der Waals surface area (Å²) in [4.78, 5) is 12.6. The number of likely N-dealkylation sites (N-methyl/N-ethyl adjacent to an activating group) is 1. The van der Waals surface area contributed by atoms with Gasteiger partial charge in [0, 0.05) is 20.2 Å². The first-order chi connectivity index (χ1) is 4.72. The van der Waals surface area contributed by atoms with Crippen molar-refractivity contribution in [2.45, 2.75) is 13.8 Å². The van der Waals surface area contributed by atoms with Gasteiger partial charge in [-0.05, 0) is 13.8 Å². The zero-order valence-corrected chi connectivity index (χ0v) is 6.89. The standard InChI is InChI=1S/C7H15NO2/c1-4-8(3)7(9)6-10-5-2/h4-6H2,1-3H3. The average molecular weight is 145 g/mol. The number of carbonyl (C=O) groups is 1. The second-order valence-electron chi connectivity index (χ2n) is 2.05. The number of rotatable bonds is 4. The largest absolute Gasteiger partial charge is 0.372 e. The summed E-state index contributed by atoms with van der Waals surface area (Å²) in [6.07, 6.45) is 0. The Morgan fingerprint density at radius 1 is 1.50 bits per heavy atom. The Balaban J connectivity index is 3.42. The fourth-order valence-corrected chi connectivity index (χ4v) is 0.476. The van der Waals surface area contributed by atoms with E-state index < -0.39 is 0 Å². The van der Waals surface area contributed by atoms with Gasteiger partial charge in [0.05, 0.1) is 0 Å². The van der Waals surface area contributed by atoms with Gasteiger partial charge in [-0.15, -0.1) is 0 Å². The minimum Gasteiger partial charge on any atom is -0.372 e. The summed E-state index contributed by atoms with van der Waals surface area (Å²) in [7, 11) is 1.77. The summed E-state index contributed by atoms with van der Waals surface area (Å²) in [5.41, 5.74) is 0. The Bertz CT molecular complexity index is 104. The maximum atomic E-state index is 10.9. The second-order valence-corrected chi connectivity index (χ2v) is 2.05. The van der Waals surface area contributed by atoms with Gasteiger partial charge in [-0.1, -0.05) is 0 Å². The summed E-state index contributed by atoms with van der Waals surface area (Å²) in [5, 5.41) is 0. The Hall–Kier alpha value is -0.570. The number of nitrogens with zero attached hydrogens (tertiary/aromatic N) is 1. The third-order valence-corrected chi connectivity index (χ3v) is 1.33. The molecule has 0 aliphatic rings. The van der Waals surface area contributed by atoms with Crippen molar-refractivity contribution in [3.63, 3.8) is 0 Å². The van der Waals surface area contributed by atoms with Gasteiger partial charge in [0.25, 0.3) is 0 Å². The van der Waals surface area contributed by atoms with Crippen LogP contribution in [0.15, 0.2) is 0 Å². The third kappa shape index (κ3) is 3.45. The summed E-state index contributed by atoms with van der Waals surface area (Å²) >= 11 is 0. The van der Waals surface area contributed by atoms with Gasteiger partial charge in [-0.2, -0.15) is 0 Å². The van der Waals surface area contributed by atoms with Crippen LogP contribution in [0.2, 0.25) is 0 Å². The predicted octanol–water partition coefficient (Wildman–Crippen LogP) is 0.501. The highest BCUT2D eigenvalue weighted by Crippen LogP contribution is 1.84. The van der Waals surface area contributed by atoms with Gasteiger partial charge in [0.1, 0.15) is 6.61 Å². The van der Waals surface area contributed by atoms with Gasteiger partial charge in [0.2, 0.25) is 5.91 Å². The smallest absolute Gasteiger partial charge is 0.248 e. The van der Waals surface area contributed by atoms with E-state index in [1.165, 1.54) is 0 Å². The van der Waals surface area contributed by atoms with Crippen molar-refractivity contribution in [2.24, 2.45) is 0 Å². The molecule has 0 rings (SSSR count). The molecule has 3 nitrogen and oxygen atoms in total. The normalized spacial score (nSPS) is 9.50. The molecule has 10 heavy (non-hydrogen) atoms. The second kappa shape index (κ2) is 5.23. The SMILES string of the molecule is CCOCC(=O)N(C)CC. The van der Waals surface area contributed by atoms with Crippen LogP contribution in [-0.2, 0) is 9.53 Å². The first kappa shape index (κ1) is 9.43. The molecule has 0 aliphatic heterocycles. The van der Waals surface area contributed by atoms with Gasteiger partial charge >= 0.3 is 0 Å². The summed E-state index contributed by atoms with van der Waals surface area (Å²) in [6.45, 7) is 5.36. The van der Waals surface area contributed by atoms with E-state index in [-0.39, 0.29) is 12.5 Å². The van der Waals surface area contributed by atoms with Crippen molar-refractivity contribution >= 4 is 5.91 Å². The Morgan fingerprint density at radius 2 is 2.10 bits per heavy atom. The van der Waals surface area contributed by atoms with Crippen molar-refractivity contribution in [1.82, 2.24) is 4.90 Å². The molecule has 0 aromatic carbocycles. The first-order valence-corrected chi connectivity index (χ1v) is 3.54. The van der Waals surface area contributed by atoms with E-state index >= 15 is 0 Å². The quantitative estimate of drug-likeness (QED) is 0.576. The average Bonchev–Trinajstić information content (AvgIpc) is 1.98. The molecule has 60 valence electrons. The van der Waals surface area contributed by atoms with Crippen LogP contribution in [0.4, 0.5) is 0 Å². The van der Waals surface area contributed by atoms with Gasteiger partial charge in [-0.3, -0.25) is 4.79 Å². The molecule has 0 bridgehead atoms. The lowest BCUT2D eigenvalue weighted by molar-refractivity contribution is -0.134. The summed E-state index contributed by atoms with van der Waals surface area (Å²) in [5.74, 6) is 0.0457. The van der Waals surface area contributed by atoms with E-state index in [4.69, 9.17) is 4.74 Å². The van der Waals surface area contributed by atoms with Crippen molar-refractivity contribution in [2.75, 3.05) is 26.8 Å². The van der Waals surface area contributed by atoms with E-state index in [0.717, 1.165) is 6.54 Å². The van der Waals surface area contributed by atoms with Crippen LogP contribution in [0.1, 0.15) is 13.8 Å². The van der Waals surface area contributed by atoms with Gasteiger partial charge in [-0.25, -0.2) is 0 Å². The maximum Gasteiger partial charge on any atom is 0.248 e. The first-order valence-electron chi connectivity index (χ1n) is 3.54. The molecule has 0 aromatic heterocycles. The van der Waals surface area contributed by atoms with Crippen LogP contribution in [0, 0.1) is 0 Å².